The van der Waals surface area contributed by atoms with E-state index in [1.54, 1.807) is 12.1 Å². The second-order valence-corrected chi connectivity index (χ2v) is 5.45. The number of hydrogen-bond acceptors (Lipinski definition) is 6. The molecule has 1 heterocycles. The number of hydrogen-bond donors (Lipinski definition) is 1. The van der Waals surface area contributed by atoms with E-state index < -0.39 is 10.8 Å². The van der Waals surface area contributed by atoms with Crippen molar-refractivity contribution in [3.63, 3.8) is 0 Å². The van der Waals surface area contributed by atoms with Crippen molar-refractivity contribution in [3.05, 3.63) is 81.6 Å². The third-order valence-electron chi connectivity index (χ3n) is 3.25. The number of para-hydroxylation sites is 1. The fraction of sp³-hybridized carbons (Fsp3) is 0. The Bertz CT molecular complexity index is 949. The van der Waals surface area contributed by atoms with E-state index >= 15 is 0 Å². The lowest BCUT2D eigenvalue weighted by Crippen LogP contribution is -2.13. The number of carbonyl (C=O) groups is 1. The fourth-order valence-corrected chi connectivity index (χ4v) is 2.29. The number of ether oxygens (including phenoxy) is 1. The first-order valence-corrected chi connectivity index (χ1v) is 7.71. The quantitative estimate of drug-likeness (QED) is 0.535. The largest absolute Gasteiger partial charge is 0.424 e. The highest BCUT2D eigenvalue weighted by Gasteiger charge is 2.15. The molecule has 9 heteroatoms. The number of anilines is 1. The third-order valence-corrected chi connectivity index (χ3v) is 3.56. The highest BCUT2D eigenvalue weighted by atomic mass is 35.5. The van der Waals surface area contributed by atoms with E-state index in [1.165, 1.54) is 24.5 Å². The van der Waals surface area contributed by atoms with Crippen LogP contribution in [0.25, 0.3) is 0 Å². The minimum absolute atomic E-state index is 0.0263. The maximum atomic E-state index is 12.2. The van der Waals surface area contributed by atoms with Crippen molar-refractivity contribution < 1.29 is 14.5 Å². The summed E-state index contributed by atoms with van der Waals surface area (Å²) >= 11 is 5.93. The minimum Gasteiger partial charge on any atom is -0.424 e. The van der Waals surface area contributed by atoms with Crippen molar-refractivity contribution in [2.75, 3.05) is 5.32 Å². The van der Waals surface area contributed by atoms with Gasteiger partial charge in [0.1, 0.15) is 5.75 Å². The molecule has 0 saturated carbocycles. The van der Waals surface area contributed by atoms with Gasteiger partial charge in [0, 0.05) is 12.1 Å². The third kappa shape index (κ3) is 4.11. The number of benzene rings is 2. The van der Waals surface area contributed by atoms with Gasteiger partial charge in [0.2, 0.25) is 0 Å². The molecule has 3 rings (SSSR count). The molecule has 26 heavy (non-hydrogen) atoms. The summed E-state index contributed by atoms with van der Waals surface area (Å²) in [5.41, 5.74) is 0.226. The second kappa shape index (κ2) is 7.58. The summed E-state index contributed by atoms with van der Waals surface area (Å²) in [4.78, 5) is 30.4. The summed E-state index contributed by atoms with van der Waals surface area (Å²) in [6.45, 7) is 0. The monoisotopic (exact) mass is 370 g/mol. The number of non-ortho nitro benzene ring substituents is 1. The molecule has 0 atom stereocenters. The van der Waals surface area contributed by atoms with E-state index in [0.29, 0.717) is 11.4 Å². The molecular weight excluding hydrogens is 360 g/mol. The molecule has 0 aliphatic carbocycles. The molecule has 2 aromatic carbocycles. The maximum absolute atomic E-state index is 12.2. The molecule has 0 saturated heterocycles. The van der Waals surface area contributed by atoms with Gasteiger partial charge in [0.15, 0.2) is 0 Å². The summed E-state index contributed by atoms with van der Waals surface area (Å²) < 4.78 is 5.46. The van der Waals surface area contributed by atoms with Gasteiger partial charge in [-0.05, 0) is 18.2 Å². The van der Waals surface area contributed by atoms with Crippen LogP contribution in [0.2, 0.25) is 5.02 Å². The van der Waals surface area contributed by atoms with Crippen molar-refractivity contribution in [2.24, 2.45) is 0 Å². The van der Waals surface area contributed by atoms with E-state index in [1.807, 2.05) is 18.2 Å². The average molecular weight is 371 g/mol. The van der Waals surface area contributed by atoms with Crippen LogP contribution in [0.3, 0.4) is 0 Å². The summed E-state index contributed by atoms with van der Waals surface area (Å²) in [6, 6.07) is 12.7. The Kier molecular flexibility index (Phi) is 5.04. The molecule has 0 aliphatic rings. The maximum Gasteiger partial charge on any atom is 0.322 e. The number of amides is 1. The van der Waals surface area contributed by atoms with Gasteiger partial charge in [0.05, 0.1) is 33.6 Å². The second-order valence-electron chi connectivity index (χ2n) is 5.04. The van der Waals surface area contributed by atoms with Gasteiger partial charge in [-0.2, -0.15) is 0 Å². The lowest BCUT2D eigenvalue weighted by molar-refractivity contribution is -0.384. The number of aromatic nitrogens is 2. The summed E-state index contributed by atoms with van der Waals surface area (Å²) in [6.07, 6.45) is 2.75. The zero-order valence-electron chi connectivity index (χ0n) is 13.1. The van der Waals surface area contributed by atoms with Crippen LogP contribution < -0.4 is 10.1 Å². The van der Waals surface area contributed by atoms with Crippen LogP contribution in [0.1, 0.15) is 10.4 Å². The SMILES string of the molecule is O=C(Nc1cnc(Oc2ccccc2)nc1)c1ccc([N+](=O)[O-])cc1Cl. The predicted octanol–water partition coefficient (Wildman–Crippen LogP) is 4.08. The van der Waals surface area contributed by atoms with E-state index in [4.69, 9.17) is 16.3 Å². The topological polar surface area (TPSA) is 107 Å². The summed E-state index contributed by atoms with van der Waals surface area (Å²) in [7, 11) is 0. The number of nitro groups is 1. The van der Waals surface area contributed by atoms with Gasteiger partial charge in [0.25, 0.3) is 11.6 Å². The predicted molar refractivity (Wildman–Crippen MR) is 94.6 cm³/mol. The molecule has 0 unspecified atom stereocenters. The molecule has 3 aromatic rings. The molecule has 0 fully saturated rings. The molecule has 8 nitrogen and oxygen atoms in total. The van der Waals surface area contributed by atoms with Gasteiger partial charge in [-0.1, -0.05) is 29.8 Å². The van der Waals surface area contributed by atoms with Gasteiger partial charge in [-0.25, -0.2) is 9.97 Å². The van der Waals surface area contributed by atoms with Gasteiger partial charge >= 0.3 is 6.01 Å². The van der Waals surface area contributed by atoms with Gasteiger partial charge in [-0.3, -0.25) is 14.9 Å². The number of rotatable bonds is 5. The van der Waals surface area contributed by atoms with Crippen LogP contribution in [0.5, 0.6) is 11.8 Å². The number of nitrogens with one attached hydrogen (secondary N) is 1. The smallest absolute Gasteiger partial charge is 0.322 e. The lowest BCUT2D eigenvalue weighted by atomic mass is 10.2. The van der Waals surface area contributed by atoms with Crippen molar-refractivity contribution >= 4 is 28.9 Å². The Balaban J connectivity index is 1.69. The number of halogens is 1. The number of carbonyl (C=O) groups excluding carboxylic acids is 1. The highest BCUT2D eigenvalue weighted by Crippen LogP contribution is 2.23. The first kappa shape index (κ1) is 17.3. The fourth-order valence-electron chi connectivity index (χ4n) is 2.03. The molecule has 0 bridgehead atoms. The van der Waals surface area contributed by atoms with Crippen LogP contribution in [0, 0.1) is 10.1 Å². The highest BCUT2D eigenvalue weighted by molar-refractivity contribution is 6.34. The van der Waals surface area contributed by atoms with Gasteiger partial charge in [-0.15, -0.1) is 0 Å². The Morgan fingerprint density at radius 3 is 2.42 bits per heavy atom. The average Bonchev–Trinajstić information content (AvgIpc) is 2.64. The molecule has 1 aromatic heterocycles. The Morgan fingerprint density at radius 2 is 1.81 bits per heavy atom. The first-order valence-electron chi connectivity index (χ1n) is 7.33. The Morgan fingerprint density at radius 1 is 1.12 bits per heavy atom. The van der Waals surface area contributed by atoms with Crippen molar-refractivity contribution in [3.8, 4) is 11.8 Å². The number of nitrogens with zero attached hydrogens (tertiary/aromatic N) is 3. The molecule has 0 spiro atoms. The minimum atomic E-state index is -0.590. The summed E-state index contributed by atoms with van der Waals surface area (Å²) in [5.74, 6) is 0.0483. The Labute approximate surface area is 152 Å². The van der Waals surface area contributed by atoms with Crippen LogP contribution in [0.4, 0.5) is 11.4 Å². The molecule has 1 N–H and O–H groups in total. The van der Waals surface area contributed by atoms with E-state index in [-0.39, 0.29) is 22.3 Å². The van der Waals surface area contributed by atoms with Crippen LogP contribution in [-0.2, 0) is 0 Å². The normalized spacial score (nSPS) is 10.2. The zero-order valence-corrected chi connectivity index (χ0v) is 13.9. The van der Waals surface area contributed by atoms with E-state index in [9.17, 15) is 14.9 Å². The molecule has 0 radical (unpaired) electrons. The van der Waals surface area contributed by atoms with Crippen molar-refractivity contribution in [2.45, 2.75) is 0 Å². The van der Waals surface area contributed by atoms with Crippen LogP contribution >= 0.6 is 11.6 Å². The van der Waals surface area contributed by atoms with Crippen LogP contribution in [0.15, 0.2) is 60.9 Å². The van der Waals surface area contributed by atoms with Crippen molar-refractivity contribution in [1.29, 1.82) is 0 Å². The molecule has 0 aliphatic heterocycles. The standard InChI is InChI=1S/C17H11ClN4O4/c18-15-8-12(22(24)25)6-7-14(15)16(23)21-11-9-19-17(20-10-11)26-13-4-2-1-3-5-13/h1-10H,(H,21,23). The first-order chi connectivity index (χ1) is 12.5. The van der Waals surface area contributed by atoms with E-state index in [2.05, 4.69) is 15.3 Å². The Hall–Kier alpha value is -3.52. The molecular formula is C17H11ClN4O4. The van der Waals surface area contributed by atoms with E-state index in [0.717, 1.165) is 6.07 Å². The number of nitro benzene ring substituents is 1. The van der Waals surface area contributed by atoms with Crippen molar-refractivity contribution in [1.82, 2.24) is 9.97 Å². The van der Waals surface area contributed by atoms with Crippen LogP contribution in [-0.4, -0.2) is 20.8 Å². The molecule has 1 amide bonds. The summed E-state index contributed by atoms with van der Waals surface area (Å²) in [5, 5.41) is 13.2. The lowest BCUT2D eigenvalue weighted by Gasteiger charge is -2.07. The van der Waals surface area contributed by atoms with Gasteiger partial charge < -0.3 is 10.1 Å². The zero-order chi connectivity index (χ0) is 18.5. The molecule has 130 valence electrons.